The van der Waals surface area contributed by atoms with Gasteiger partial charge in [-0.05, 0) is 31.6 Å². The molecule has 0 aromatic rings. The number of likely N-dealkylation sites (tertiary alicyclic amines) is 1. The van der Waals surface area contributed by atoms with Gasteiger partial charge in [-0.3, -0.25) is 0 Å². The summed E-state index contributed by atoms with van der Waals surface area (Å²) in [4.78, 5) is 22.5. The number of rotatable bonds is 9. The molecule has 0 aromatic carbocycles. The van der Waals surface area contributed by atoms with E-state index in [0.29, 0.717) is 17.7 Å². The van der Waals surface area contributed by atoms with Crippen molar-refractivity contribution in [1.29, 1.82) is 0 Å². The SMILES string of the molecule is CCC(C)C1CC[NH+](C(C)(COOCCCl)C(=O)[O-])CC1.[Cl-].[Na+]. The summed E-state index contributed by atoms with van der Waals surface area (Å²) in [5.74, 6) is 0.617. The minimum Gasteiger partial charge on any atom is -1.00 e. The minimum atomic E-state index is -1.09. The molecule has 0 amide bonds. The van der Waals surface area contributed by atoms with Crippen LogP contribution in [0.1, 0.15) is 40.0 Å². The van der Waals surface area contributed by atoms with E-state index in [1.165, 1.54) is 6.42 Å². The molecule has 8 heteroatoms. The minimum absolute atomic E-state index is 0. The predicted molar refractivity (Wildman–Crippen MR) is 78.9 cm³/mol. The molecular weight excluding hydrogens is 352 g/mol. The molecule has 0 spiro atoms. The Labute approximate surface area is 173 Å². The van der Waals surface area contributed by atoms with Crippen LogP contribution in [-0.4, -0.2) is 43.7 Å². The maximum absolute atomic E-state index is 11.6. The Kier molecular flexibility index (Phi) is 15.0. The van der Waals surface area contributed by atoms with Gasteiger partial charge in [0, 0.05) is 5.88 Å². The first-order valence-corrected chi connectivity index (χ1v) is 8.36. The molecule has 0 bridgehead atoms. The Hall–Kier alpha value is 0.930. The van der Waals surface area contributed by atoms with Crippen molar-refractivity contribution in [2.45, 2.75) is 45.6 Å². The molecule has 2 atom stereocenters. The van der Waals surface area contributed by atoms with Crippen molar-refractivity contribution in [2.75, 3.05) is 32.2 Å². The molecule has 0 radical (unpaired) electrons. The number of hydrogen-bond donors (Lipinski definition) is 1. The maximum atomic E-state index is 11.6. The van der Waals surface area contributed by atoms with Crippen LogP contribution >= 0.6 is 11.6 Å². The molecule has 23 heavy (non-hydrogen) atoms. The van der Waals surface area contributed by atoms with Crippen LogP contribution in [0.15, 0.2) is 0 Å². The fraction of sp³-hybridized carbons (Fsp3) is 0.933. The summed E-state index contributed by atoms with van der Waals surface area (Å²) in [5.41, 5.74) is -1.08. The van der Waals surface area contributed by atoms with Crippen LogP contribution in [-0.2, 0) is 14.6 Å². The average molecular weight is 380 g/mol. The standard InChI is InChI=1S/C15H28ClNO4.ClH.Na/c1-4-12(2)13-5-8-17(9-6-13)15(3,14(18)19)11-21-20-10-7-16;;/h12-13H,4-11H2,1-3H3,(H,18,19);1H;/q;;+1/p-1. The molecule has 1 rings (SSSR count). The van der Waals surface area contributed by atoms with Crippen molar-refractivity contribution < 1.29 is 66.5 Å². The number of aliphatic carboxylic acids is 1. The van der Waals surface area contributed by atoms with Gasteiger partial charge in [0.05, 0.1) is 19.7 Å². The van der Waals surface area contributed by atoms with Gasteiger partial charge in [0.25, 0.3) is 0 Å². The fourth-order valence-electron chi connectivity index (χ4n) is 3.00. The molecule has 132 valence electrons. The van der Waals surface area contributed by atoms with E-state index in [2.05, 4.69) is 13.8 Å². The van der Waals surface area contributed by atoms with Crippen molar-refractivity contribution in [1.82, 2.24) is 0 Å². The van der Waals surface area contributed by atoms with Crippen LogP contribution in [0.4, 0.5) is 0 Å². The van der Waals surface area contributed by atoms with Crippen LogP contribution in [0, 0.1) is 11.8 Å². The molecule has 0 saturated carbocycles. The van der Waals surface area contributed by atoms with Gasteiger partial charge in [-0.25, -0.2) is 9.78 Å². The summed E-state index contributed by atoms with van der Waals surface area (Å²) < 4.78 is 0. The second-order valence-electron chi connectivity index (χ2n) is 6.22. The first kappa shape index (κ1) is 26.2. The number of piperidine rings is 1. The van der Waals surface area contributed by atoms with Gasteiger partial charge in [0.2, 0.25) is 0 Å². The van der Waals surface area contributed by atoms with Crippen LogP contribution in [0.25, 0.3) is 0 Å². The zero-order valence-corrected chi connectivity index (χ0v) is 18.2. The molecule has 1 aliphatic heterocycles. The van der Waals surface area contributed by atoms with Crippen LogP contribution in [0.5, 0.6) is 0 Å². The quantitative estimate of drug-likeness (QED) is 0.142. The second kappa shape index (κ2) is 13.2. The number of carboxylic acids is 1. The summed E-state index contributed by atoms with van der Waals surface area (Å²) in [6.07, 6.45) is 3.28. The average Bonchev–Trinajstić information content (AvgIpc) is 2.50. The largest absolute Gasteiger partial charge is 1.00 e. The number of carbonyl (C=O) groups is 1. The molecule has 1 N–H and O–H groups in total. The molecule has 1 aliphatic rings. The maximum Gasteiger partial charge on any atom is 1.00 e. The summed E-state index contributed by atoms with van der Waals surface area (Å²) in [7, 11) is 0. The third-order valence-corrected chi connectivity index (χ3v) is 5.06. The number of alkyl halides is 1. The molecule has 5 nitrogen and oxygen atoms in total. The Balaban J connectivity index is 0. The van der Waals surface area contributed by atoms with Crippen molar-refractivity contribution in [3.8, 4) is 0 Å². The normalized spacial score (nSPS) is 24.7. The Morgan fingerprint density at radius 2 is 1.96 bits per heavy atom. The van der Waals surface area contributed by atoms with E-state index in [0.717, 1.165) is 30.8 Å². The summed E-state index contributed by atoms with van der Waals surface area (Å²) in [6, 6.07) is 0. The predicted octanol–water partition coefficient (Wildman–Crippen LogP) is -5.97. The monoisotopic (exact) mass is 379 g/mol. The Morgan fingerprint density at radius 1 is 1.39 bits per heavy atom. The summed E-state index contributed by atoms with van der Waals surface area (Å²) in [6.45, 7) is 8.04. The van der Waals surface area contributed by atoms with Gasteiger partial charge >= 0.3 is 29.6 Å². The van der Waals surface area contributed by atoms with Gasteiger partial charge < -0.3 is 27.2 Å². The topological polar surface area (TPSA) is 63.0 Å². The fourth-order valence-corrected chi connectivity index (χ4v) is 3.06. The second-order valence-corrected chi connectivity index (χ2v) is 6.60. The van der Waals surface area contributed by atoms with Crippen molar-refractivity contribution in [3.63, 3.8) is 0 Å². The number of hydrogen-bond acceptors (Lipinski definition) is 4. The molecule has 1 fully saturated rings. The Morgan fingerprint density at radius 3 is 2.39 bits per heavy atom. The number of quaternary nitrogens is 1. The zero-order chi connectivity index (χ0) is 15.9. The first-order valence-electron chi connectivity index (χ1n) is 7.82. The van der Waals surface area contributed by atoms with Crippen molar-refractivity contribution >= 4 is 17.6 Å². The van der Waals surface area contributed by atoms with Crippen molar-refractivity contribution in [3.05, 3.63) is 0 Å². The van der Waals surface area contributed by atoms with Gasteiger partial charge in [0.15, 0.2) is 5.54 Å². The first-order chi connectivity index (χ1) is 9.95. The van der Waals surface area contributed by atoms with Crippen LogP contribution < -0.4 is 52.0 Å². The number of halogens is 2. The smallest absolute Gasteiger partial charge is 1.00 e. The molecular formula is C15H28Cl2NNaO4. The molecule has 0 aliphatic carbocycles. The third kappa shape index (κ3) is 7.78. The van der Waals surface area contributed by atoms with E-state index < -0.39 is 11.5 Å². The van der Waals surface area contributed by atoms with E-state index in [1.54, 1.807) is 6.92 Å². The van der Waals surface area contributed by atoms with Crippen LogP contribution in [0.2, 0.25) is 0 Å². The number of carbonyl (C=O) groups excluding carboxylic acids is 1. The van der Waals surface area contributed by atoms with E-state index in [-0.39, 0.29) is 55.2 Å². The van der Waals surface area contributed by atoms with Crippen LogP contribution in [0.3, 0.4) is 0 Å². The third-order valence-electron chi connectivity index (χ3n) is 4.90. The summed E-state index contributed by atoms with van der Waals surface area (Å²) >= 11 is 5.48. The molecule has 0 aromatic heterocycles. The Bertz CT molecular complexity index is 331. The number of carboxylic acid groups (broad SMARTS) is 1. The van der Waals surface area contributed by atoms with E-state index in [9.17, 15) is 9.90 Å². The van der Waals surface area contributed by atoms with E-state index in [1.807, 2.05) is 0 Å². The van der Waals surface area contributed by atoms with Crippen molar-refractivity contribution in [2.24, 2.45) is 11.8 Å². The van der Waals surface area contributed by atoms with E-state index >= 15 is 0 Å². The number of nitrogens with one attached hydrogen (secondary N) is 1. The molecule has 2 unspecified atom stereocenters. The van der Waals surface area contributed by atoms with Gasteiger partial charge in [-0.2, -0.15) is 0 Å². The van der Waals surface area contributed by atoms with Gasteiger partial charge in [-0.1, -0.05) is 20.3 Å². The molecule has 1 saturated heterocycles. The molecule has 1 heterocycles. The van der Waals surface area contributed by atoms with E-state index in [4.69, 9.17) is 21.4 Å². The van der Waals surface area contributed by atoms with Gasteiger partial charge in [0.1, 0.15) is 12.6 Å². The zero-order valence-electron chi connectivity index (χ0n) is 14.7. The summed E-state index contributed by atoms with van der Waals surface area (Å²) in [5, 5.41) is 11.6. The van der Waals surface area contributed by atoms with Gasteiger partial charge in [-0.15, -0.1) is 11.6 Å².